The molecule has 0 bridgehead atoms. The molecule has 0 fully saturated rings. The quantitative estimate of drug-likeness (QED) is 0.0316. The van der Waals surface area contributed by atoms with Gasteiger partial charge in [-0.2, -0.15) is 0 Å². The number of hydrogen-bond acceptors (Lipinski definition) is 31. The van der Waals surface area contributed by atoms with Gasteiger partial charge in [-0.25, -0.2) is 0 Å². The van der Waals surface area contributed by atoms with Crippen LogP contribution >= 0.6 is 95.6 Å². The van der Waals surface area contributed by atoms with Gasteiger partial charge in [0.2, 0.25) is 0 Å². The maximum absolute atomic E-state index is 14.8. The largest absolute Gasteiger partial charge is 0.464 e. The number of carbonyl (C=O) groups is 12. The fourth-order valence-electron chi connectivity index (χ4n) is 9.67. The van der Waals surface area contributed by atoms with E-state index in [1.165, 1.54) is 83.1 Å². The van der Waals surface area contributed by atoms with Crippen LogP contribution < -0.4 is 0 Å². The molecule has 0 rings (SSSR count). The maximum Gasteiger partial charge on any atom is 0.319 e. The lowest BCUT2D eigenvalue weighted by Gasteiger charge is -2.38. The van der Waals surface area contributed by atoms with Crippen molar-refractivity contribution in [2.45, 2.75) is 151 Å². The Morgan fingerprint density at radius 2 is 0.345 bits per heavy atom. The van der Waals surface area contributed by atoms with Crippen molar-refractivity contribution in [3.63, 3.8) is 0 Å². The first-order valence-corrected chi connectivity index (χ1v) is 42.6. The van der Waals surface area contributed by atoms with Crippen molar-refractivity contribution in [2.75, 3.05) is 216 Å². The summed E-state index contributed by atoms with van der Waals surface area (Å²) >= 11 is 20.3. The van der Waals surface area contributed by atoms with Crippen LogP contribution in [-0.4, -0.2) is 346 Å². The molecule has 0 aromatic heterocycles. The molecule has 113 heavy (non-hydrogen) atoms. The highest BCUT2D eigenvalue weighted by Gasteiger charge is 2.48. The second-order valence-corrected chi connectivity index (χ2v) is 40.7. The van der Waals surface area contributed by atoms with Crippen LogP contribution in [0.3, 0.4) is 0 Å². The Morgan fingerprint density at radius 3 is 0.460 bits per heavy atom. The summed E-state index contributed by atoms with van der Waals surface area (Å²) in [6, 6.07) is 0. The number of halogens is 6. The summed E-state index contributed by atoms with van der Waals surface area (Å²) in [6.07, 6.45) is -1.12. The van der Waals surface area contributed by atoms with Gasteiger partial charge in [0.25, 0.3) is 0 Å². The minimum absolute atomic E-state index is 0.0387. The number of alkyl halides is 6. The Balaban J connectivity index is 9.10. The van der Waals surface area contributed by atoms with Gasteiger partial charge in [-0.05, 0) is 206 Å². The molecule has 0 N–H and O–H groups in total. The summed E-state index contributed by atoms with van der Waals surface area (Å²) in [5.41, 5.74) is -13.1. The molecular weight excluding hydrogens is 1880 g/mol. The van der Waals surface area contributed by atoms with Crippen LogP contribution in [0.25, 0.3) is 0 Å². The van der Waals surface area contributed by atoms with E-state index in [-0.39, 0.29) is 78.2 Å². The van der Waals surface area contributed by atoms with Crippen LogP contribution in [0.5, 0.6) is 0 Å². The van der Waals surface area contributed by atoms with Gasteiger partial charge >= 0.3 is 71.6 Å². The molecule has 0 amide bonds. The van der Waals surface area contributed by atoms with Crippen LogP contribution in [-0.2, 0) is 119 Å². The molecule has 6 unspecified atom stereocenters. The summed E-state index contributed by atoms with van der Waals surface area (Å²) in [4.78, 5) is 174. The summed E-state index contributed by atoms with van der Waals surface area (Å²) in [7, 11) is 21.6. The lowest BCUT2D eigenvalue weighted by molar-refractivity contribution is -0.185. The topological polar surface area (TPSA) is 344 Å². The van der Waals surface area contributed by atoms with Gasteiger partial charge in [-0.1, -0.05) is 95.6 Å². The second-order valence-electron chi connectivity index (χ2n) is 34.1. The summed E-state index contributed by atoms with van der Waals surface area (Å²) in [6.45, 7) is 14.3. The molecule has 6 atom stereocenters. The average Bonchev–Trinajstić information content (AvgIpc) is 0.811. The van der Waals surface area contributed by atoms with E-state index in [1.807, 2.05) is 29.4 Å². The van der Waals surface area contributed by atoms with Crippen LogP contribution in [0.15, 0.2) is 0 Å². The molecule has 0 radical (unpaired) electrons. The third kappa shape index (κ3) is 44.2. The van der Waals surface area contributed by atoms with E-state index in [0.29, 0.717) is 39.3 Å². The number of rotatable bonds is 58. The van der Waals surface area contributed by atoms with E-state index >= 15 is 0 Å². The number of esters is 12. The highest BCUT2D eigenvalue weighted by atomic mass is 79.9. The summed E-state index contributed by atoms with van der Waals surface area (Å²) in [5.74, 6) is -9.55. The van der Waals surface area contributed by atoms with Crippen LogP contribution in [0.2, 0.25) is 0 Å². The van der Waals surface area contributed by atoms with Crippen LogP contribution in [0, 0.1) is 43.3 Å². The smallest absolute Gasteiger partial charge is 0.319 e. The predicted molar refractivity (Wildman–Crippen MR) is 445 cm³/mol. The van der Waals surface area contributed by atoms with Crippen LogP contribution in [0.1, 0.15) is 122 Å². The first kappa shape index (κ1) is 109. The third-order valence-electron chi connectivity index (χ3n) is 17.6. The number of carbonyl (C=O) groups excluding carboxylic acids is 12. The van der Waals surface area contributed by atoms with Crippen molar-refractivity contribution >= 4 is 167 Å². The Bertz CT molecular complexity index is 2530. The minimum atomic E-state index is -2.04. The molecule has 0 spiro atoms. The SMILES string of the molecule is CN(C)CCOC(=O)C(Br)CC(C)(C)C(=O)OCC(COCC(COC(=O)C(C)(C)CC(Br)C(=O)OCCN(C)C)(COC(=O)C(C)(C)CC(Br)C(=O)OCCN(C)C)COC(=O)C(C)(C)CC(Br)C(=O)OCCN(C)C)(COC(=O)C(C)(C)CC(Br)C(=O)OCCN(C)C)COC(=O)C(C)(C)CC(Br)C(=O)OCCN(C)C. The second kappa shape index (κ2) is 51.7. The van der Waals surface area contributed by atoms with Gasteiger partial charge in [0.05, 0.1) is 56.5 Å². The Labute approximate surface area is 720 Å². The molecule has 0 aliphatic carbocycles. The summed E-state index contributed by atoms with van der Waals surface area (Å²) in [5, 5.41) is 0. The molecule has 0 saturated carbocycles. The average molecular weight is 2010 g/mol. The molecule has 0 aromatic carbocycles. The minimum Gasteiger partial charge on any atom is -0.464 e. The number of likely N-dealkylation sites (N-methyl/N-ethyl adjacent to an activating group) is 6. The standard InChI is InChI=1S/C76H130Br6N6O25/c1-69(2,37-51(77)57(89)102-31-25-83(13)14)63(95)108-45-75(46-109-64(96)70(3,4)38-52(78)58(90)103-32-26-84(15)16,47-110-65(97)71(5,6)39-53(79)59(91)104-33-27-85(17)18)43-101-44-76(48-111-66(98)72(7,8)40-54(80)60(92)105-34-28-86(19)20,49-112-67(99)73(9,10)41-55(81)61(93)106-35-29-87(21)22)50-113-68(100)74(11,12)42-56(82)62(94)107-36-30-88(23)24/h51-56H,25-50H2,1-24H3. The third-order valence-corrected chi connectivity index (χ3v) is 21.7. The van der Waals surface area contributed by atoms with Crippen molar-refractivity contribution in [3.8, 4) is 0 Å². The van der Waals surface area contributed by atoms with E-state index in [9.17, 15) is 57.5 Å². The van der Waals surface area contributed by atoms with E-state index in [4.69, 9.17) is 61.6 Å². The van der Waals surface area contributed by atoms with Crippen molar-refractivity contribution in [1.82, 2.24) is 29.4 Å². The Hall–Kier alpha value is -3.76. The zero-order valence-electron chi connectivity index (χ0n) is 71.0. The Kier molecular flexibility index (Phi) is 49.9. The number of ether oxygens (including phenoxy) is 13. The monoisotopic (exact) mass is 2000 g/mol. The van der Waals surface area contributed by atoms with Gasteiger partial charge in [0, 0.05) is 39.3 Å². The molecule has 0 aliphatic rings. The van der Waals surface area contributed by atoms with Gasteiger partial charge in [-0.3, -0.25) is 57.5 Å². The first-order chi connectivity index (χ1) is 51.8. The zero-order chi connectivity index (χ0) is 87.4. The first-order valence-electron chi connectivity index (χ1n) is 37.1. The van der Waals surface area contributed by atoms with Crippen molar-refractivity contribution in [1.29, 1.82) is 0 Å². The van der Waals surface area contributed by atoms with E-state index in [2.05, 4.69) is 95.6 Å². The fraction of sp³-hybridized carbons (Fsp3) is 0.842. The maximum atomic E-state index is 14.8. The molecule has 0 heterocycles. The normalized spacial score (nSPS) is 15.2. The highest BCUT2D eigenvalue weighted by molar-refractivity contribution is 9.10. The van der Waals surface area contributed by atoms with Gasteiger partial charge in [0.15, 0.2) is 0 Å². The van der Waals surface area contributed by atoms with Crippen molar-refractivity contribution in [3.05, 3.63) is 0 Å². The van der Waals surface area contributed by atoms with E-state index in [1.54, 1.807) is 84.6 Å². The van der Waals surface area contributed by atoms with E-state index < -0.39 is 197 Å². The molecule has 31 nitrogen and oxygen atoms in total. The molecular formula is C76H130Br6N6O25. The Morgan fingerprint density at radius 1 is 0.221 bits per heavy atom. The van der Waals surface area contributed by atoms with Gasteiger partial charge < -0.3 is 91.0 Å². The van der Waals surface area contributed by atoms with Gasteiger partial charge in [-0.15, -0.1) is 0 Å². The van der Waals surface area contributed by atoms with Gasteiger partial charge in [0.1, 0.15) is 108 Å². The lowest BCUT2D eigenvalue weighted by atomic mass is 9.86. The van der Waals surface area contributed by atoms with E-state index in [0.717, 1.165) is 0 Å². The number of hydrogen-bond donors (Lipinski definition) is 0. The fourth-order valence-corrected chi connectivity index (χ4v) is 15.3. The molecule has 656 valence electrons. The van der Waals surface area contributed by atoms with Crippen molar-refractivity contribution in [2.24, 2.45) is 43.3 Å². The van der Waals surface area contributed by atoms with Crippen molar-refractivity contribution < 1.29 is 119 Å². The van der Waals surface area contributed by atoms with Crippen LogP contribution in [0.4, 0.5) is 0 Å². The predicted octanol–water partition coefficient (Wildman–Crippen LogP) is 7.94. The molecule has 0 aromatic rings. The molecule has 0 saturated heterocycles. The number of nitrogens with zero attached hydrogens (tertiary/aromatic N) is 6. The lowest BCUT2D eigenvalue weighted by Crippen LogP contribution is -2.49. The highest BCUT2D eigenvalue weighted by Crippen LogP contribution is 2.38. The zero-order valence-corrected chi connectivity index (χ0v) is 80.5. The molecule has 37 heteroatoms. The summed E-state index contributed by atoms with van der Waals surface area (Å²) < 4.78 is 77.0. The molecule has 0 aliphatic heterocycles.